The average Bonchev–Trinajstić information content (AvgIpc) is 3.39. The molecular formula is C24H26N2O2. The molecule has 4 nitrogen and oxygen atoms in total. The molecule has 0 aliphatic carbocycles. The summed E-state index contributed by atoms with van der Waals surface area (Å²) < 4.78 is 5.40. The summed E-state index contributed by atoms with van der Waals surface area (Å²) in [5.74, 6) is 0.893. The number of likely N-dealkylation sites (tertiary alicyclic amines) is 1. The molecule has 0 saturated carbocycles. The summed E-state index contributed by atoms with van der Waals surface area (Å²) in [5.41, 5.74) is 4.76. The van der Waals surface area contributed by atoms with E-state index in [0.29, 0.717) is 12.3 Å². The van der Waals surface area contributed by atoms with Gasteiger partial charge in [-0.25, -0.2) is 0 Å². The molecule has 3 aromatic rings. The fourth-order valence-corrected chi connectivity index (χ4v) is 3.76. The van der Waals surface area contributed by atoms with Crippen molar-refractivity contribution in [3.8, 4) is 11.1 Å². The maximum atomic E-state index is 12.3. The number of hydrogen-bond donors (Lipinski definition) is 1. The molecule has 1 N–H and O–H groups in total. The second-order valence-electron chi connectivity index (χ2n) is 7.43. The summed E-state index contributed by atoms with van der Waals surface area (Å²) >= 11 is 0. The van der Waals surface area contributed by atoms with Crippen LogP contribution in [0, 0.1) is 6.92 Å². The number of aryl methyl sites for hydroxylation is 1. The number of amides is 1. The molecule has 4 rings (SSSR count). The van der Waals surface area contributed by atoms with Gasteiger partial charge in [0.05, 0.1) is 0 Å². The van der Waals surface area contributed by atoms with Crippen molar-refractivity contribution >= 4 is 5.91 Å². The van der Waals surface area contributed by atoms with E-state index in [1.165, 1.54) is 37.1 Å². The van der Waals surface area contributed by atoms with Gasteiger partial charge < -0.3 is 9.73 Å². The lowest BCUT2D eigenvalue weighted by Gasteiger charge is -2.15. The van der Waals surface area contributed by atoms with Crippen molar-refractivity contribution < 1.29 is 9.21 Å². The quantitative estimate of drug-likeness (QED) is 0.675. The lowest BCUT2D eigenvalue weighted by atomic mass is 9.98. The van der Waals surface area contributed by atoms with Crippen molar-refractivity contribution in [3.63, 3.8) is 0 Å². The van der Waals surface area contributed by atoms with Crippen LogP contribution in [-0.4, -0.2) is 23.9 Å². The first-order chi connectivity index (χ1) is 13.7. The molecule has 28 heavy (non-hydrogen) atoms. The first kappa shape index (κ1) is 18.5. The number of rotatable bonds is 6. The van der Waals surface area contributed by atoms with Crippen LogP contribution in [0.5, 0.6) is 0 Å². The summed E-state index contributed by atoms with van der Waals surface area (Å²) in [6.45, 7) is 5.74. The van der Waals surface area contributed by atoms with Gasteiger partial charge in [0.1, 0.15) is 5.76 Å². The normalized spacial score (nSPS) is 14.3. The number of carbonyl (C=O) groups excluding carboxylic acids is 1. The van der Waals surface area contributed by atoms with E-state index in [1.54, 1.807) is 12.1 Å². The van der Waals surface area contributed by atoms with Crippen LogP contribution in [0.3, 0.4) is 0 Å². The van der Waals surface area contributed by atoms with E-state index >= 15 is 0 Å². The zero-order chi connectivity index (χ0) is 19.3. The van der Waals surface area contributed by atoms with E-state index in [9.17, 15) is 4.79 Å². The van der Waals surface area contributed by atoms with Crippen molar-refractivity contribution in [2.75, 3.05) is 13.1 Å². The maximum Gasteiger partial charge on any atom is 0.287 e. The number of carbonyl (C=O) groups is 1. The zero-order valence-corrected chi connectivity index (χ0v) is 16.3. The van der Waals surface area contributed by atoms with Crippen molar-refractivity contribution in [1.29, 1.82) is 0 Å². The molecule has 1 aliphatic heterocycles. The van der Waals surface area contributed by atoms with Gasteiger partial charge >= 0.3 is 0 Å². The zero-order valence-electron chi connectivity index (χ0n) is 16.3. The summed E-state index contributed by atoms with van der Waals surface area (Å²) in [6.07, 6.45) is 2.63. The van der Waals surface area contributed by atoms with Crippen LogP contribution in [0.4, 0.5) is 0 Å². The molecule has 2 heterocycles. The van der Waals surface area contributed by atoms with E-state index in [0.717, 1.165) is 23.4 Å². The number of furan rings is 1. The largest absolute Gasteiger partial charge is 0.456 e. The van der Waals surface area contributed by atoms with Crippen molar-refractivity contribution in [1.82, 2.24) is 10.2 Å². The van der Waals surface area contributed by atoms with Gasteiger partial charge in [-0.05, 0) is 67.2 Å². The molecular weight excluding hydrogens is 348 g/mol. The summed E-state index contributed by atoms with van der Waals surface area (Å²) in [6, 6.07) is 20.5. The minimum atomic E-state index is -0.191. The van der Waals surface area contributed by atoms with Gasteiger partial charge in [0.2, 0.25) is 0 Å². The predicted octanol–water partition coefficient (Wildman–Crippen LogP) is 4.78. The Kier molecular flexibility index (Phi) is 5.58. The van der Waals surface area contributed by atoms with Crippen LogP contribution in [0.1, 0.15) is 40.3 Å². The summed E-state index contributed by atoms with van der Waals surface area (Å²) in [7, 11) is 0. The summed E-state index contributed by atoms with van der Waals surface area (Å²) in [4.78, 5) is 14.8. The topological polar surface area (TPSA) is 45.5 Å². The van der Waals surface area contributed by atoms with Crippen molar-refractivity contribution in [3.05, 3.63) is 83.3 Å². The lowest BCUT2D eigenvalue weighted by molar-refractivity contribution is 0.0922. The molecule has 0 radical (unpaired) electrons. The molecule has 1 aliphatic rings. The second kappa shape index (κ2) is 8.44. The highest BCUT2D eigenvalue weighted by Crippen LogP contribution is 2.25. The third kappa shape index (κ3) is 4.34. The van der Waals surface area contributed by atoms with Gasteiger partial charge in [0.15, 0.2) is 5.76 Å². The number of benzene rings is 2. The Morgan fingerprint density at radius 3 is 2.46 bits per heavy atom. The van der Waals surface area contributed by atoms with Gasteiger partial charge in [-0.1, -0.05) is 48.5 Å². The Morgan fingerprint density at radius 2 is 1.75 bits per heavy atom. The molecule has 1 aromatic heterocycles. The van der Waals surface area contributed by atoms with E-state index in [4.69, 9.17) is 4.42 Å². The summed E-state index contributed by atoms with van der Waals surface area (Å²) in [5, 5.41) is 2.96. The molecule has 0 spiro atoms. The van der Waals surface area contributed by atoms with Crippen LogP contribution in [-0.2, 0) is 13.1 Å². The van der Waals surface area contributed by atoms with E-state index in [2.05, 4.69) is 46.6 Å². The van der Waals surface area contributed by atoms with Gasteiger partial charge in [-0.15, -0.1) is 0 Å². The Bertz CT molecular complexity index is 937. The fourth-order valence-electron chi connectivity index (χ4n) is 3.76. The standard InChI is InChI=1S/C24H26N2O2/c1-18-8-13-23(28-18)24(27)25-16-21-6-2-3-7-22(21)20-11-9-19(10-12-20)17-26-14-4-5-15-26/h2-3,6-13H,4-5,14-17H2,1H3,(H,25,27). The molecule has 0 unspecified atom stereocenters. The molecule has 0 atom stereocenters. The van der Waals surface area contributed by atoms with Gasteiger partial charge in [0.25, 0.3) is 5.91 Å². The molecule has 1 fully saturated rings. The van der Waals surface area contributed by atoms with Gasteiger partial charge in [-0.2, -0.15) is 0 Å². The molecule has 1 amide bonds. The average molecular weight is 374 g/mol. The molecule has 0 bridgehead atoms. The third-order valence-electron chi connectivity index (χ3n) is 5.29. The fraction of sp³-hybridized carbons (Fsp3) is 0.292. The molecule has 2 aromatic carbocycles. The van der Waals surface area contributed by atoms with Gasteiger partial charge in [0, 0.05) is 13.1 Å². The lowest BCUT2D eigenvalue weighted by Crippen LogP contribution is -2.22. The minimum Gasteiger partial charge on any atom is -0.456 e. The number of nitrogens with zero attached hydrogens (tertiary/aromatic N) is 1. The highest BCUT2D eigenvalue weighted by molar-refractivity contribution is 5.91. The second-order valence-corrected chi connectivity index (χ2v) is 7.43. The van der Waals surface area contributed by atoms with E-state index < -0.39 is 0 Å². The van der Waals surface area contributed by atoms with Crippen LogP contribution in [0.2, 0.25) is 0 Å². The monoisotopic (exact) mass is 374 g/mol. The molecule has 1 saturated heterocycles. The molecule has 144 valence electrons. The Labute approximate surface area is 166 Å². The van der Waals surface area contributed by atoms with Gasteiger partial charge in [-0.3, -0.25) is 9.69 Å². The highest BCUT2D eigenvalue weighted by atomic mass is 16.3. The minimum absolute atomic E-state index is 0.191. The van der Waals surface area contributed by atoms with E-state index in [1.807, 2.05) is 19.1 Å². The first-order valence-corrected chi connectivity index (χ1v) is 9.93. The Hall–Kier alpha value is -2.85. The SMILES string of the molecule is Cc1ccc(C(=O)NCc2ccccc2-c2ccc(CN3CCCC3)cc2)o1. The van der Waals surface area contributed by atoms with Crippen LogP contribution < -0.4 is 5.32 Å². The first-order valence-electron chi connectivity index (χ1n) is 9.93. The highest BCUT2D eigenvalue weighted by Gasteiger charge is 2.13. The smallest absolute Gasteiger partial charge is 0.287 e. The number of hydrogen-bond acceptors (Lipinski definition) is 3. The van der Waals surface area contributed by atoms with Crippen LogP contribution in [0.15, 0.2) is 65.1 Å². The maximum absolute atomic E-state index is 12.3. The Morgan fingerprint density at radius 1 is 1.00 bits per heavy atom. The third-order valence-corrected chi connectivity index (χ3v) is 5.29. The van der Waals surface area contributed by atoms with Crippen LogP contribution in [0.25, 0.3) is 11.1 Å². The van der Waals surface area contributed by atoms with Crippen molar-refractivity contribution in [2.24, 2.45) is 0 Å². The van der Waals surface area contributed by atoms with Crippen molar-refractivity contribution in [2.45, 2.75) is 32.9 Å². The number of nitrogens with one attached hydrogen (secondary N) is 1. The predicted molar refractivity (Wildman–Crippen MR) is 111 cm³/mol. The van der Waals surface area contributed by atoms with E-state index in [-0.39, 0.29) is 5.91 Å². The Balaban J connectivity index is 1.45. The molecule has 4 heteroatoms. The van der Waals surface area contributed by atoms with Crippen LogP contribution >= 0.6 is 0 Å².